The Kier molecular flexibility index (Phi) is 6.45. The van der Waals surface area contributed by atoms with Crippen LogP contribution in [0.2, 0.25) is 0 Å². The molecule has 0 saturated heterocycles. The van der Waals surface area contributed by atoms with Crippen LogP contribution in [0.4, 0.5) is 0 Å². The van der Waals surface area contributed by atoms with E-state index in [-0.39, 0.29) is 24.0 Å². The third-order valence-electron chi connectivity index (χ3n) is 3.03. The van der Waals surface area contributed by atoms with Crippen molar-refractivity contribution in [1.82, 2.24) is 15.8 Å². The number of nitrogens with one attached hydrogen (secondary N) is 2. The molecule has 1 fully saturated rings. The van der Waals surface area contributed by atoms with Gasteiger partial charge in [0.2, 0.25) is 0 Å². The molecule has 2 N–H and O–H groups in total. The zero-order chi connectivity index (χ0) is 12.1. The van der Waals surface area contributed by atoms with E-state index in [0.717, 1.165) is 17.4 Å². The minimum absolute atomic E-state index is 0. The van der Waals surface area contributed by atoms with Crippen LogP contribution in [-0.4, -0.2) is 24.2 Å². The van der Waals surface area contributed by atoms with E-state index in [1.54, 1.807) is 7.05 Å². The summed E-state index contributed by atoms with van der Waals surface area (Å²) in [5.74, 6) is 1.67. The quantitative estimate of drug-likeness (QED) is 0.491. The molecular weight excluding hydrogens is 343 g/mol. The van der Waals surface area contributed by atoms with E-state index in [0.29, 0.717) is 12.6 Å². The molecule has 0 aromatic carbocycles. The molecule has 1 saturated carbocycles. The highest BCUT2D eigenvalue weighted by Crippen LogP contribution is 2.17. The lowest BCUT2D eigenvalue weighted by atomic mass is 10.2. The molecule has 102 valence electrons. The highest BCUT2D eigenvalue weighted by molar-refractivity contribution is 14.0. The SMILES string of the molecule is CN=C(NCc1cc(C)no1)NC1CCCC1.I. The molecule has 0 radical (unpaired) electrons. The second kappa shape index (κ2) is 7.60. The molecule has 2 rings (SSSR count). The average Bonchev–Trinajstić information content (AvgIpc) is 2.96. The van der Waals surface area contributed by atoms with Gasteiger partial charge < -0.3 is 15.2 Å². The van der Waals surface area contributed by atoms with Gasteiger partial charge in [0.15, 0.2) is 11.7 Å². The van der Waals surface area contributed by atoms with E-state index >= 15 is 0 Å². The number of aliphatic imine (C=N–C) groups is 1. The fourth-order valence-corrected chi connectivity index (χ4v) is 2.13. The fraction of sp³-hybridized carbons (Fsp3) is 0.667. The Morgan fingerprint density at radius 1 is 1.50 bits per heavy atom. The van der Waals surface area contributed by atoms with Crippen LogP contribution in [-0.2, 0) is 6.54 Å². The first-order chi connectivity index (χ1) is 8.28. The molecule has 6 heteroatoms. The van der Waals surface area contributed by atoms with Crippen LogP contribution in [0.5, 0.6) is 0 Å². The topological polar surface area (TPSA) is 62.5 Å². The summed E-state index contributed by atoms with van der Waals surface area (Å²) in [7, 11) is 1.79. The van der Waals surface area contributed by atoms with Crippen LogP contribution in [0.15, 0.2) is 15.6 Å². The average molecular weight is 364 g/mol. The van der Waals surface area contributed by atoms with Gasteiger partial charge in [0.1, 0.15) is 0 Å². The van der Waals surface area contributed by atoms with E-state index in [4.69, 9.17) is 4.52 Å². The molecule has 0 aliphatic heterocycles. The Labute approximate surface area is 125 Å². The molecule has 1 aromatic heterocycles. The molecule has 1 heterocycles. The number of nitrogens with zero attached hydrogens (tertiary/aromatic N) is 2. The second-order valence-corrected chi connectivity index (χ2v) is 4.49. The highest BCUT2D eigenvalue weighted by atomic mass is 127. The number of aryl methyl sites for hydroxylation is 1. The van der Waals surface area contributed by atoms with Crippen molar-refractivity contribution in [3.05, 3.63) is 17.5 Å². The smallest absolute Gasteiger partial charge is 0.191 e. The first-order valence-corrected chi connectivity index (χ1v) is 6.17. The molecule has 0 spiro atoms. The van der Waals surface area contributed by atoms with Crippen molar-refractivity contribution < 1.29 is 4.52 Å². The van der Waals surface area contributed by atoms with Gasteiger partial charge in [0.25, 0.3) is 0 Å². The third kappa shape index (κ3) is 4.47. The highest BCUT2D eigenvalue weighted by Gasteiger charge is 2.15. The molecule has 0 amide bonds. The number of hydrogen-bond acceptors (Lipinski definition) is 3. The summed E-state index contributed by atoms with van der Waals surface area (Å²) in [4.78, 5) is 4.21. The number of guanidine groups is 1. The summed E-state index contributed by atoms with van der Waals surface area (Å²) in [6, 6.07) is 2.49. The zero-order valence-electron chi connectivity index (χ0n) is 10.9. The Hall–Kier alpha value is -0.790. The van der Waals surface area contributed by atoms with Gasteiger partial charge in [-0.2, -0.15) is 0 Å². The number of rotatable bonds is 3. The third-order valence-corrected chi connectivity index (χ3v) is 3.03. The minimum atomic E-state index is 0. The normalized spacial score (nSPS) is 16.4. The van der Waals surface area contributed by atoms with Crippen molar-refractivity contribution in [3.63, 3.8) is 0 Å². The summed E-state index contributed by atoms with van der Waals surface area (Å²) in [5, 5.41) is 10.5. The Morgan fingerprint density at radius 2 is 2.22 bits per heavy atom. The number of aromatic nitrogens is 1. The van der Waals surface area contributed by atoms with Gasteiger partial charge in [-0.3, -0.25) is 4.99 Å². The second-order valence-electron chi connectivity index (χ2n) is 4.49. The summed E-state index contributed by atoms with van der Waals surface area (Å²) < 4.78 is 5.13. The van der Waals surface area contributed by atoms with Crippen molar-refractivity contribution in [2.75, 3.05) is 7.05 Å². The lowest BCUT2D eigenvalue weighted by molar-refractivity contribution is 0.376. The lowest BCUT2D eigenvalue weighted by Crippen LogP contribution is -2.41. The predicted octanol–water partition coefficient (Wildman–Crippen LogP) is 2.21. The van der Waals surface area contributed by atoms with Gasteiger partial charge in [0, 0.05) is 19.2 Å². The van der Waals surface area contributed by atoms with Crippen molar-refractivity contribution in [2.24, 2.45) is 4.99 Å². The number of hydrogen-bond donors (Lipinski definition) is 2. The van der Waals surface area contributed by atoms with Gasteiger partial charge in [-0.15, -0.1) is 24.0 Å². The number of halogens is 1. The van der Waals surface area contributed by atoms with Crippen LogP contribution in [0.1, 0.15) is 37.1 Å². The molecule has 1 aliphatic carbocycles. The van der Waals surface area contributed by atoms with E-state index in [9.17, 15) is 0 Å². The van der Waals surface area contributed by atoms with Crippen molar-refractivity contribution in [1.29, 1.82) is 0 Å². The van der Waals surface area contributed by atoms with Crippen LogP contribution in [0, 0.1) is 6.92 Å². The van der Waals surface area contributed by atoms with Gasteiger partial charge in [-0.1, -0.05) is 18.0 Å². The van der Waals surface area contributed by atoms with E-state index in [1.807, 2.05) is 13.0 Å². The predicted molar refractivity (Wildman–Crippen MR) is 82.2 cm³/mol. The maximum Gasteiger partial charge on any atom is 0.191 e. The maximum atomic E-state index is 5.13. The molecule has 0 unspecified atom stereocenters. The van der Waals surface area contributed by atoms with Crippen molar-refractivity contribution in [3.8, 4) is 0 Å². The largest absolute Gasteiger partial charge is 0.359 e. The Bertz CT molecular complexity index is 385. The molecule has 18 heavy (non-hydrogen) atoms. The van der Waals surface area contributed by atoms with Crippen LogP contribution in [0.3, 0.4) is 0 Å². The molecule has 0 bridgehead atoms. The zero-order valence-corrected chi connectivity index (χ0v) is 13.2. The fourth-order valence-electron chi connectivity index (χ4n) is 2.13. The molecule has 5 nitrogen and oxygen atoms in total. The van der Waals surface area contributed by atoms with Crippen molar-refractivity contribution >= 4 is 29.9 Å². The summed E-state index contributed by atoms with van der Waals surface area (Å²) in [6.07, 6.45) is 5.11. The Morgan fingerprint density at radius 3 is 2.78 bits per heavy atom. The monoisotopic (exact) mass is 364 g/mol. The first kappa shape index (κ1) is 15.3. The maximum absolute atomic E-state index is 5.13. The van der Waals surface area contributed by atoms with E-state index < -0.39 is 0 Å². The van der Waals surface area contributed by atoms with Crippen LogP contribution < -0.4 is 10.6 Å². The van der Waals surface area contributed by atoms with E-state index in [2.05, 4.69) is 20.8 Å². The van der Waals surface area contributed by atoms with Gasteiger partial charge in [0.05, 0.1) is 12.2 Å². The standard InChI is InChI=1S/C12H20N4O.HI/c1-9-7-11(17-16-9)8-14-12(13-2)15-10-5-3-4-6-10;/h7,10H,3-6,8H2,1-2H3,(H2,13,14,15);1H. The van der Waals surface area contributed by atoms with E-state index in [1.165, 1.54) is 25.7 Å². The van der Waals surface area contributed by atoms with Gasteiger partial charge >= 0.3 is 0 Å². The molecule has 0 atom stereocenters. The van der Waals surface area contributed by atoms with Crippen LogP contribution in [0.25, 0.3) is 0 Å². The summed E-state index contributed by atoms with van der Waals surface area (Å²) in [5.41, 5.74) is 0.903. The van der Waals surface area contributed by atoms with Gasteiger partial charge in [-0.05, 0) is 19.8 Å². The van der Waals surface area contributed by atoms with Crippen LogP contribution >= 0.6 is 24.0 Å². The molecule has 1 aromatic rings. The molecule has 1 aliphatic rings. The van der Waals surface area contributed by atoms with Crippen molar-refractivity contribution in [2.45, 2.75) is 45.2 Å². The summed E-state index contributed by atoms with van der Waals surface area (Å²) >= 11 is 0. The minimum Gasteiger partial charge on any atom is -0.359 e. The lowest BCUT2D eigenvalue weighted by Gasteiger charge is -2.15. The summed E-state index contributed by atoms with van der Waals surface area (Å²) in [6.45, 7) is 2.53. The molecular formula is C12H21IN4O. The van der Waals surface area contributed by atoms with Gasteiger partial charge in [-0.25, -0.2) is 0 Å². The Balaban J connectivity index is 0.00000162. The first-order valence-electron chi connectivity index (χ1n) is 6.17.